The Morgan fingerprint density at radius 1 is 1.30 bits per heavy atom. The number of rotatable bonds is 2. The van der Waals surface area contributed by atoms with Gasteiger partial charge in [-0.3, -0.25) is 4.79 Å². The summed E-state index contributed by atoms with van der Waals surface area (Å²) in [5, 5.41) is 0. The highest BCUT2D eigenvalue weighted by atomic mass is 19.4. The fraction of sp³-hybridized carbons (Fsp3) is 0.286. The number of benzene rings is 1. The molecule has 2 rings (SSSR count). The number of nitrogens with zero attached hydrogens (tertiary/aromatic N) is 1. The van der Waals surface area contributed by atoms with E-state index < -0.39 is 11.7 Å². The van der Waals surface area contributed by atoms with Crippen LogP contribution in [0.1, 0.15) is 23.7 Å². The smallest absolute Gasteiger partial charge is 0.306 e. The fourth-order valence-corrected chi connectivity index (χ4v) is 2.01. The summed E-state index contributed by atoms with van der Waals surface area (Å²) < 4.78 is 38.0. The van der Waals surface area contributed by atoms with Crippen molar-refractivity contribution in [1.82, 2.24) is 9.97 Å². The molecule has 1 aromatic heterocycles. The van der Waals surface area contributed by atoms with Crippen LogP contribution in [0.3, 0.4) is 0 Å². The molecule has 1 heterocycles. The van der Waals surface area contributed by atoms with E-state index in [2.05, 4.69) is 9.97 Å². The van der Waals surface area contributed by atoms with Crippen LogP contribution in [0.5, 0.6) is 0 Å². The highest BCUT2D eigenvalue weighted by Crippen LogP contribution is 2.31. The monoisotopic (exact) mass is 282 g/mol. The molecule has 0 aliphatic carbocycles. The third-order valence-electron chi connectivity index (χ3n) is 3.04. The maximum Gasteiger partial charge on any atom is 0.416 e. The van der Waals surface area contributed by atoms with Crippen LogP contribution in [0, 0.1) is 6.92 Å². The molecule has 0 saturated heterocycles. The normalized spacial score (nSPS) is 11.7. The lowest BCUT2D eigenvalue weighted by Gasteiger charge is -2.09. The lowest BCUT2D eigenvalue weighted by atomic mass is 10.1. The first kappa shape index (κ1) is 14.3. The molecule has 0 amide bonds. The third-order valence-corrected chi connectivity index (χ3v) is 3.04. The number of H-pyrrole nitrogens is 1. The summed E-state index contributed by atoms with van der Waals surface area (Å²) in [6.07, 6.45) is -3.90. The molecule has 0 bridgehead atoms. The van der Waals surface area contributed by atoms with Gasteiger partial charge >= 0.3 is 6.18 Å². The van der Waals surface area contributed by atoms with Crippen molar-refractivity contribution in [3.05, 3.63) is 51.4 Å². The van der Waals surface area contributed by atoms with Gasteiger partial charge in [-0.15, -0.1) is 0 Å². The Morgan fingerprint density at radius 3 is 2.55 bits per heavy atom. The number of hydrogen-bond acceptors (Lipinski definition) is 2. The number of halogens is 3. The van der Waals surface area contributed by atoms with Gasteiger partial charge in [-0.2, -0.15) is 13.2 Å². The van der Waals surface area contributed by atoms with Crippen LogP contribution in [0.2, 0.25) is 0 Å². The molecular formula is C14H13F3N2O. The molecule has 106 valence electrons. The van der Waals surface area contributed by atoms with Crippen molar-refractivity contribution in [2.45, 2.75) is 26.4 Å². The SMILES string of the molecule is CCc1c(C)nc(-c2cccc(C(F)(F)F)c2)[nH]c1=O. The summed E-state index contributed by atoms with van der Waals surface area (Å²) in [5.41, 5.74) is 0.231. The van der Waals surface area contributed by atoms with Gasteiger partial charge in [0.2, 0.25) is 0 Å². The lowest BCUT2D eigenvalue weighted by Crippen LogP contribution is -2.17. The van der Waals surface area contributed by atoms with Crippen molar-refractivity contribution < 1.29 is 13.2 Å². The predicted octanol–water partition coefficient (Wildman–Crippen LogP) is 3.33. The molecule has 0 unspecified atom stereocenters. The zero-order valence-corrected chi connectivity index (χ0v) is 11.0. The molecule has 6 heteroatoms. The van der Waals surface area contributed by atoms with E-state index in [0.29, 0.717) is 17.7 Å². The summed E-state index contributed by atoms with van der Waals surface area (Å²) >= 11 is 0. The Bertz CT molecular complexity index is 690. The topological polar surface area (TPSA) is 45.8 Å². The zero-order valence-electron chi connectivity index (χ0n) is 11.0. The van der Waals surface area contributed by atoms with Gasteiger partial charge in [0.15, 0.2) is 0 Å². The van der Waals surface area contributed by atoms with E-state index in [9.17, 15) is 18.0 Å². The summed E-state index contributed by atoms with van der Waals surface area (Å²) in [6.45, 7) is 3.49. The standard InChI is InChI=1S/C14H13F3N2O/c1-3-11-8(2)18-12(19-13(11)20)9-5-4-6-10(7-9)14(15,16)17/h4-7H,3H2,1-2H3,(H,18,19,20). The van der Waals surface area contributed by atoms with E-state index in [1.54, 1.807) is 6.92 Å². The summed E-state index contributed by atoms with van der Waals surface area (Å²) in [5.74, 6) is 0.149. The summed E-state index contributed by atoms with van der Waals surface area (Å²) in [7, 11) is 0. The number of aromatic nitrogens is 2. The number of nitrogens with one attached hydrogen (secondary N) is 1. The summed E-state index contributed by atoms with van der Waals surface area (Å²) in [4.78, 5) is 18.5. The molecule has 0 radical (unpaired) electrons. The van der Waals surface area contributed by atoms with Gasteiger partial charge in [-0.25, -0.2) is 4.98 Å². The molecule has 20 heavy (non-hydrogen) atoms. The van der Waals surface area contributed by atoms with Gasteiger partial charge < -0.3 is 4.98 Å². The van der Waals surface area contributed by atoms with Gasteiger partial charge in [-0.1, -0.05) is 19.1 Å². The number of alkyl halides is 3. The zero-order chi connectivity index (χ0) is 14.9. The Hall–Kier alpha value is -2.11. The lowest BCUT2D eigenvalue weighted by molar-refractivity contribution is -0.137. The second-order valence-corrected chi connectivity index (χ2v) is 4.41. The van der Waals surface area contributed by atoms with E-state index in [-0.39, 0.29) is 16.9 Å². The highest BCUT2D eigenvalue weighted by molar-refractivity contribution is 5.56. The quantitative estimate of drug-likeness (QED) is 0.918. The first-order chi connectivity index (χ1) is 9.32. The second-order valence-electron chi connectivity index (χ2n) is 4.41. The molecule has 1 aromatic carbocycles. The van der Waals surface area contributed by atoms with Crippen molar-refractivity contribution in [3.63, 3.8) is 0 Å². The maximum atomic E-state index is 12.7. The van der Waals surface area contributed by atoms with E-state index in [1.807, 2.05) is 6.92 Å². The molecule has 0 saturated carbocycles. The van der Waals surface area contributed by atoms with Gasteiger partial charge in [-0.05, 0) is 25.5 Å². The molecule has 0 spiro atoms. The van der Waals surface area contributed by atoms with Crippen LogP contribution in [-0.4, -0.2) is 9.97 Å². The van der Waals surface area contributed by atoms with Gasteiger partial charge in [0.1, 0.15) is 5.82 Å². The summed E-state index contributed by atoms with van der Waals surface area (Å²) in [6, 6.07) is 4.73. The average molecular weight is 282 g/mol. The molecule has 3 nitrogen and oxygen atoms in total. The number of hydrogen-bond donors (Lipinski definition) is 1. The Kier molecular flexibility index (Phi) is 3.65. The average Bonchev–Trinajstić information content (AvgIpc) is 2.37. The Balaban J connectivity index is 2.55. The van der Waals surface area contributed by atoms with Crippen LogP contribution in [0.25, 0.3) is 11.4 Å². The largest absolute Gasteiger partial charge is 0.416 e. The first-order valence-electron chi connectivity index (χ1n) is 6.10. The highest BCUT2D eigenvalue weighted by Gasteiger charge is 2.30. The van der Waals surface area contributed by atoms with E-state index in [4.69, 9.17) is 0 Å². The van der Waals surface area contributed by atoms with Crippen LogP contribution in [0.15, 0.2) is 29.1 Å². The van der Waals surface area contributed by atoms with Crippen molar-refractivity contribution in [1.29, 1.82) is 0 Å². The van der Waals surface area contributed by atoms with Crippen molar-refractivity contribution in [2.75, 3.05) is 0 Å². The van der Waals surface area contributed by atoms with Crippen LogP contribution in [0.4, 0.5) is 13.2 Å². The minimum atomic E-state index is -4.42. The third kappa shape index (κ3) is 2.74. The van der Waals surface area contributed by atoms with E-state index >= 15 is 0 Å². The van der Waals surface area contributed by atoms with E-state index in [1.165, 1.54) is 12.1 Å². The van der Waals surface area contributed by atoms with Gasteiger partial charge in [0.25, 0.3) is 5.56 Å². The van der Waals surface area contributed by atoms with Crippen LogP contribution >= 0.6 is 0 Å². The van der Waals surface area contributed by atoms with Crippen molar-refractivity contribution in [2.24, 2.45) is 0 Å². The maximum absolute atomic E-state index is 12.7. The van der Waals surface area contributed by atoms with Gasteiger partial charge in [0.05, 0.1) is 5.56 Å². The number of aromatic amines is 1. The minimum absolute atomic E-state index is 0.149. The van der Waals surface area contributed by atoms with Gasteiger partial charge in [0, 0.05) is 16.8 Å². The van der Waals surface area contributed by atoms with Crippen molar-refractivity contribution in [3.8, 4) is 11.4 Å². The van der Waals surface area contributed by atoms with Crippen LogP contribution in [-0.2, 0) is 12.6 Å². The Labute approximate surface area is 113 Å². The number of aryl methyl sites for hydroxylation is 1. The molecule has 2 aromatic rings. The molecular weight excluding hydrogens is 269 g/mol. The Morgan fingerprint density at radius 2 is 2.00 bits per heavy atom. The molecule has 0 atom stereocenters. The fourth-order valence-electron chi connectivity index (χ4n) is 2.01. The predicted molar refractivity (Wildman–Crippen MR) is 69.4 cm³/mol. The second kappa shape index (κ2) is 5.11. The van der Waals surface area contributed by atoms with Crippen LogP contribution < -0.4 is 5.56 Å². The van der Waals surface area contributed by atoms with E-state index in [0.717, 1.165) is 12.1 Å². The molecule has 0 fully saturated rings. The minimum Gasteiger partial charge on any atom is -0.306 e. The molecule has 0 aliphatic heterocycles. The first-order valence-corrected chi connectivity index (χ1v) is 6.10. The molecule has 0 aliphatic rings. The molecule has 1 N–H and O–H groups in total. The van der Waals surface area contributed by atoms with Crippen molar-refractivity contribution >= 4 is 0 Å².